The Morgan fingerprint density at radius 1 is 0.854 bits per heavy atom. The Kier molecular flexibility index (Phi) is 9.51. The second-order valence-corrected chi connectivity index (χ2v) is 13.4. The predicted octanol–water partition coefficient (Wildman–Crippen LogP) is 6.72. The number of amides is 1. The Morgan fingerprint density at radius 2 is 1.44 bits per heavy atom. The first-order valence-corrected chi connectivity index (χ1v) is 15.9. The minimum atomic E-state index is -4.67. The van der Waals surface area contributed by atoms with Crippen LogP contribution in [-0.4, -0.2) is 77.7 Å². The highest BCUT2D eigenvalue weighted by atomic mass is 19.4. The topological polar surface area (TPSA) is 47.9 Å². The number of aliphatic imine (C=N–C) groups is 1. The average molecular weight is 593 g/mol. The van der Waals surface area contributed by atoms with Crippen LogP contribution in [0, 0.1) is 23.7 Å². The van der Waals surface area contributed by atoms with E-state index in [0.717, 1.165) is 70.3 Å². The molecule has 1 N–H and O–H groups in total. The van der Waals surface area contributed by atoms with Gasteiger partial charge in [-0.05, 0) is 76.5 Å². The largest absolute Gasteiger partial charge is 0.391 e. The number of fused-ring (bicyclic) bond motifs is 1. The molecule has 5 nitrogen and oxygen atoms in total. The zero-order valence-electron chi connectivity index (χ0n) is 24.2. The molecular weight excluding hydrogens is 546 g/mol. The monoisotopic (exact) mass is 592 g/mol. The lowest BCUT2D eigenvalue weighted by Gasteiger charge is -2.46. The van der Waals surface area contributed by atoms with E-state index in [1.165, 1.54) is 19.3 Å². The van der Waals surface area contributed by atoms with Crippen molar-refractivity contribution >= 4 is 11.7 Å². The summed E-state index contributed by atoms with van der Waals surface area (Å²) in [5.74, 6) is -3.75. The van der Waals surface area contributed by atoms with Gasteiger partial charge in [0.15, 0.2) is 0 Å². The SMILES string of the molecule is CC1=NC2CCCCC2N1C1CCN(C(C(=O)NCC2CC(C(F)(F)F)CC(C(F)(F)F)C2)C2CCCCC2)CC1. The Balaban J connectivity index is 1.22. The molecule has 3 aliphatic carbocycles. The van der Waals surface area contributed by atoms with Crippen molar-refractivity contribution in [2.24, 2.45) is 28.7 Å². The number of rotatable bonds is 6. The van der Waals surface area contributed by atoms with Crippen LogP contribution >= 0.6 is 0 Å². The normalized spacial score (nSPS) is 33.8. The van der Waals surface area contributed by atoms with Crippen molar-refractivity contribution in [1.82, 2.24) is 15.1 Å². The standard InChI is InChI=1S/C30H46F6N4O/c1-19-38-25-9-5-6-10-26(25)40(19)24-11-13-39(14-12-24)27(21-7-3-2-4-8-21)28(41)37-18-20-15-22(29(31,32)33)17-23(16-20)30(34,35)36/h20-27H,2-18H2,1H3,(H,37,41). The fraction of sp³-hybridized carbons (Fsp3) is 0.933. The van der Waals surface area contributed by atoms with Crippen molar-refractivity contribution in [3.63, 3.8) is 0 Å². The molecule has 2 heterocycles. The van der Waals surface area contributed by atoms with Crippen molar-refractivity contribution < 1.29 is 31.1 Å². The average Bonchev–Trinajstić information content (AvgIpc) is 3.27. The van der Waals surface area contributed by atoms with Crippen LogP contribution < -0.4 is 5.32 Å². The summed E-state index contributed by atoms with van der Waals surface area (Å²) in [5.41, 5.74) is 0. The Bertz CT molecular complexity index is 903. The van der Waals surface area contributed by atoms with E-state index >= 15 is 0 Å². The number of alkyl halides is 6. The summed E-state index contributed by atoms with van der Waals surface area (Å²) in [6.45, 7) is 3.50. The van der Waals surface area contributed by atoms with Gasteiger partial charge in [-0.3, -0.25) is 14.7 Å². The van der Waals surface area contributed by atoms with Crippen molar-refractivity contribution in [2.45, 2.75) is 133 Å². The highest BCUT2D eigenvalue weighted by Gasteiger charge is 2.52. The number of amidine groups is 1. The summed E-state index contributed by atoms with van der Waals surface area (Å²) in [6.07, 6.45) is 0.715. The molecular formula is C30H46F6N4O. The van der Waals surface area contributed by atoms with Gasteiger partial charge in [0.1, 0.15) is 0 Å². The molecule has 5 atom stereocenters. The van der Waals surface area contributed by atoms with Crippen LogP contribution in [0.3, 0.4) is 0 Å². The second-order valence-electron chi connectivity index (χ2n) is 13.4. The molecule has 4 fully saturated rings. The molecule has 0 aromatic heterocycles. The maximum absolute atomic E-state index is 13.7. The van der Waals surface area contributed by atoms with Gasteiger partial charge in [0.25, 0.3) is 0 Å². The molecule has 11 heteroatoms. The summed E-state index contributed by atoms with van der Waals surface area (Å²) in [5, 5.41) is 2.86. The lowest BCUT2D eigenvalue weighted by Crippen LogP contribution is -2.57. The van der Waals surface area contributed by atoms with E-state index in [9.17, 15) is 31.1 Å². The molecule has 234 valence electrons. The molecule has 0 radical (unpaired) electrons. The number of likely N-dealkylation sites (tertiary alicyclic amines) is 1. The smallest absolute Gasteiger partial charge is 0.354 e. The molecule has 3 saturated carbocycles. The van der Waals surface area contributed by atoms with E-state index in [0.29, 0.717) is 18.1 Å². The maximum Gasteiger partial charge on any atom is 0.391 e. The van der Waals surface area contributed by atoms with Crippen LogP contribution in [0.5, 0.6) is 0 Å². The fourth-order valence-electron chi connectivity index (χ4n) is 8.71. The minimum Gasteiger partial charge on any atom is -0.354 e. The van der Waals surface area contributed by atoms with Crippen LogP contribution in [0.2, 0.25) is 0 Å². The molecule has 5 unspecified atom stereocenters. The number of piperidine rings is 1. The van der Waals surface area contributed by atoms with Crippen LogP contribution in [0.15, 0.2) is 4.99 Å². The third-order valence-corrected chi connectivity index (χ3v) is 10.7. The van der Waals surface area contributed by atoms with E-state index in [2.05, 4.69) is 22.0 Å². The molecule has 5 rings (SSSR count). The van der Waals surface area contributed by atoms with Gasteiger partial charge in [-0.25, -0.2) is 0 Å². The third kappa shape index (κ3) is 7.18. The Morgan fingerprint density at radius 3 is 2.05 bits per heavy atom. The number of nitrogens with one attached hydrogen (secondary N) is 1. The predicted molar refractivity (Wildman–Crippen MR) is 145 cm³/mol. The van der Waals surface area contributed by atoms with Crippen LogP contribution in [0.4, 0.5) is 26.3 Å². The highest BCUT2D eigenvalue weighted by molar-refractivity contribution is 5.83. The molecule has 41 heavy (non-hydrogen) atoms. The molecule has 1 saturated heterocycles. The number of halogens is 6. The summed E-state index contributed by atoms with van der Waals surface area (Å²) in [7, 11) is 0. The molecule has 5 aliphatic rings. The number of nitrogens with zero attached hydrogens (tertiary/aromatic N) is 3. The molecule has 0 aromatic carbocycles. The van der Waals surface area contributed by atoms with Gasteiger partial charge in [-0.2, -0.15) is 26.3 Å². The zero-order valence-corrected chi connectivity index (χ0v) is 24.2. The molecule has 0 aromatic rings. The molecule has 0 bridgehead atoms. The van der Waals surface area contributed by atoms with E-state index in [-0.39, 0.29) is 37.3 Å². The van der Waals surface area contributed by atoms with Crippen molar-refractivity contribution in [1.29, 1.82) is 0 Å². The lowest BCUT2D eigenvalue weighted by atomic mass is 9.74. The Labute approximate surface area is 239 Å². The van der Waals surface area contributed by atoms with Crippen LogP contribution in [-0.2, 0) is 4.79 Å². The minimum absolute atomic E-state index is 0.135. The number of carbonyl (C=O) groups is 1. The number of hydrogen-bond acceptors (Lipinski definition) is 4. The van der Waals surface area contributed by atoms with Gasteiger partial charge in [-0.15, -0.1) is 0 Å². The van der Waals surface area contributed by atoms with Gasteiger partial charge in [0, 0.05) is 25.7 Å². The molecule has 0 spiro atoms. The third-order valence-electron chi connectivity index (χ3n) is 10.7. The second kappa shape index (κ2) is 12.6. The van der Waals surface area contributed by atoms with Gasteiger partial charge in [0.05, 0.1) is 35.8 Å². The molecule has 1 amide bonds. The van der Waals surface area contributed by atoms with E-state index in [4.69, 9.17) is 4.99 Å². The summed E-state index contributed by atoms with van der Waals surface area (Å²) >= 11 is 0. The lowest BCUT2D eigenvalue weighted by molar-refractivity contribution is -0.228. The van der Waals surface area contributed by atoms with E-state index in [1.807, 2.05) is 0 Å². The first kappa shape index (κ1) is 30.9. The van der Waals surface area contributed by atoms with Crippen molar-refractivity contribution in [3.8, 4) is 0 Å². The van der Waals surface area contributed by atoms with E-state index in [1.54, 1.807) is 0 Å². The Hall–Kier alpha value is -1.52. The van der Waals surface area contributed by atoms with Gasteiger partial charge < -0.3 is 10.2 Å². The first-order valence-electron chi connectivity index (χ1n) is 15.9. The van der Waals surface area contributed by atoms with Crippen LogP contribution in [0.25, 0.3) is 0 Å². The quantitative estimate of drug-likeness (QED) is 0.349. The van der Waals surface area contributed by atoms with Gasteiger partial charge in [0.2, 0.25) is 5.91 Å². The summed E-state index contributed by atoms with van der Waals surface area (Å²) in [4.78, 5) is 23.4. The summed E-state index contributed by atoms with van der Waals surface area (Å²) < 4.78 is 80.9. The van der Waals surface area contributed by atoms with Crippen LogP contribution in [0.1, 0.15) is 96.8 Å². The van der Waals surface area contributed by atoms with Crippen molar-refractivity contribution in [3.05, 3.63) is 0 Å². The number of carbonyl (C=O) groups excluding carboxylic acids is 1. The molecule has 2 aliphatic heterocycles. The fourth-order valence-corrected chi connectivity index (χ4v) is 8.71. The zero-order chi connectivity index (χ0) is 29.4. The summed E-state index contributed by atoms with van der Waals surface area (Å²) in [6, 6.07) is 0.886. The van der Waals surface area contributed by atoms with Gasteiger partial charge >= 0.3 is 12.4 Å². The maximum atomic E-state index is 13.7. The highest BCUT2D eigenvalue weighted by Crippen LogP contribution is 2.47. The first-order chi connectivity index (χ1) is 19.4. The van der Waals surface area contributed by atoms with Gasteiger partial charge in [-0.1, -0.05) is 32.1 Å². The number of hydrogen-bond donors (Lipinski definition) is 1. The van der Waals surface area contributed by atoms with E-state index < -0.39 is 36.5 Å². The van der Waals surface area contributed by atoms with Crippen molar-refractivity contribution in [2.75, 3.05) is 19.6 Å².